The van der Waals surface area contributed by atoms with Crippen LogP contribution >= 0.6 is 22.6 Å². The van der Waals surface area contributed by atoms with E-state index in [1.54, 1.807) is 0 Å². The molecule has 1 aromatic heterocycles. The molecule has 0 radical (unpaired) electrons. The van der Waals surface area contributed by atoms with Gasteiger partial charge in [0.1, 0.15) is 5.75 Å². The summed E-state index contributed by atoms with van der Waals surface area (Å²) in [6.07, 6.45) is 2.81. The summed E-state index contributed by atoms with van der Waals surface area (Å²) in [7, 11) is 0. The smallest absolute Gasteiger partial charge is 0.197 e. The summed E-state index contributed by atoms with van der Waals surface area (Å²) in [6, 6.07) is 31.6. The van der Waals surface area contributed by atoms with Gasteiger partial charge in [-0.2, -0.15) is 0 Å². The Morgan fingerprint density at radius 3 is 2.00 bits per heavy atom. The van der Waals surface area contributed by atoms with Crippen LogP contribution in [0.5, 0.6) is 11.6 Å². The van der Waals surface area contributed by atoms with Crippen molar-refractivity contribution in [1.82, 2.24) is 4.98 Å². The SMILES string of the molecule is CCC(=C(c1ccc(I)cc1)c1ccc(Oc2ccc[nH]2)cc1)c1ccccc1. The summed E-state index contributed by atoms with van der Waals surface area (Å²) >= 11 is 2.35. The fraction of sp³-hybridized carbons (Fsp3) is 0.0769. The first kappa shape index (κ1) is 19.5. The maximum Gasteiger partial charge on any atom is 0.197 e. The molecule has 0 amide bonds. The molecule has 1 N–H and O–H groups in total. The molecule has 0 saturated carbocycles. The molecular formula is C26H22INO. The minimum absolute atomic E-state index is 0.740. The van der Waals surface area contributed by atoms with E-state index in [1.807, 2.05) is 30.5 Å². The number of aromatic amines is 1. The van der Waals surface area contributed by atoms with Gasteiger partial charge >= 0.3 is 0 Å². The highest BCUT2D eigenvalue weighted by Gasteiger charge is 2.13. The zero-order valence-corrected chi connectivity index (χ0v) is 18.4. The molecule has 4 rings (SSSR count). The number of hydrogen-bond donors (Lipinski definition) is 1. The van der Waals surface area contributed by atoms with Crippen LogP contribution in [0, 0.1) is 3.57 Å². The number of H-pyrrole nitrogens is 1. The zero-order chi connectivity index (χ0) is 20.1. The lowest BCUT2D eigenvalue weighted by molar-refractivity contribution is 0.466. The van der Waals surface area contributed by atoms with E-state index >= 15 is 0 Å². The molecule has 29 heavy (non-hydrogen) atoms. The first-order chi connectivity index (χ1) is 14.2. The molecule has 0 aliphatic heterocycles. The number of rotatable bonds is 6. The minimum Gasteiger partial charge on any atom is -0.441 e. The Bertz CT molecular complexity index is 1080. The molecule has 3 aromatic carbocycles. The van der Waals surface area contributed by atoms with Crippen molar-refractivity contribution >= 4 is 33.7 Å². The Morgan fingerprint density at radius 2 is 1.41 bits per heavy atom. The lowest BCUT2D eigenvalue weighted by atomic mass is 9.88. The number of hydrogen-bond acceptors (Lipinski definition) is 1. The summed E-state index contributed by atoms with van der Waals surface area (Å²) in [5, 5.41) is 0. The minimum atomic E-state index is 0.740. The molecule has 0 aliphatic rings. The molecule has 0 unspecified atom stereocenters. The number of aromatic nitrogens is 1. The monoisotopic (exact) mass is 491 g/mol. The average molecular weight is 491 g/mol. The van der Waals surface area contributed by atoms with Crippen molar-refractivity contribution in [2.75, 3.05) is 0 Å². The van der Waals surface area contributed by atoms with Gasteiger partial charge in [-0.1, -0.05) is 61.5 Å². The van der Waals surface area contributed by atoms with Gasteiger partial charge in [-0.25, -0.2) is 0 Å². The van der Waals surface area contributed by atoms with Gasteiger partial charge in [0.05, 0.1) is 0 Å². The Hall–Kier alpha value is -2.79. The van der Waals surface area contributed by atoms with E-state index in [1.165, 1.54) is 31.4 Å². The molecule has 0 spiro atoms. The predicted molar refractivity (Wildman–Crippen MR) is 129 cm³/mol. The second-order valence-corrected chi connectivity index (χ2v) is 7.99. The van der Waals surface area contributed by atoms with Crippen LogP contribution in [0.15, 0.2) is 97.2 Å². The van der Waals surface area contributed by atoms with Crippen molar-refractivity contribution in [3.63, 3.8) is 0 Å². The summed E-state index contributed by atoms with van der Waals surface area (Å²) in [5.74, 6) is 1.56. The predicted octanol–water partition coefficient (Wildman–Crippen LogP) is 7.78. The van der Waals surface area contributed by atoms with Crippen molar-refractivity contribution in [1.29, 1.82) is 0 Å². The number of benzene rings is 3. The largest absolute Gasteiger partial charge is 0.441 e. The van der Waals surface area contributed by atoms with Crippen LogP contribution < -0.4 is 4.74 Å². The highest BCUT2D eigenvalue weighted by molar-refractivity contribution is 14.1. The second-order valence-electron chi connectivity index (χ2n) is 6.74. The first-order valence-corrected chi connectivity index (χ1v) is 10.8. The van der Waals surface area contributed by atoms with Gasteiger partial charge in [0, 0.05) is 15.8 Å². The van der Waals surface area contributed by atoms with Gasteiger partial charge < -0.3 is 9.72 Å². The van der Waals surface area contributed by atoms with E-state index in [4.69, 9.17) is 4.74 Å². The van der Waals surface area contributed by atoms with Gasteiger partial charge in [-0.15, -0.1) is 0 Å². The number of halogens is 1. The van der Waals surface area contributed by atoms with Crippen LogP contribution in [0.25, 0.3) is 11.1 Å². The molecule has 1 heterocycles. The lowest BCUT2D eigenvalue weighted by Gasteiger charge is -2.17. The summed E-state index contributed by atoms with van der Waals surface area (Å²) in [6.45, 7) is 2.22. The molecule has 0 fully saturated rings. The van der Waals surface area contributed by atoms with Crippen LogP contribution in [0.4, 0.5) is 0 Å². The van der Waals surface area contributed by atoms with Gasteiger partial charge in [0.15, 0.2) is 5.88 Å². The lowest BCUT2D eigenvalue weighted by Crippen LogP contribution is -1.95. The average Bonchev–Trinajstić information content (AvgIpc) is 3.27. The van der Waals surface area contributed by atoms with Gasteiger partial charge in [-0.3, -0.25) is 0 Å². The number of nitrogens with one attached hydrogen (secondary N) is 1. The molecule has 0 atom stereocenters. The van der Waals surface area contributed by atoms with Gasteiger partial charge in [-0.05, 0) is 87.2 Å². The van der Waals surface area contributed by atoms with Crippen LogP contribution in [-0.4, -0.2) is 4.98 Å². The first-order valence-electron chi connectivity index (χ1n) is 9.71. The molecule has 3 heteroatoms. The third kappa shape index (κ3) is 4.62. The van der Waals surface area contributed by atoms with E-state index in [0.717, 1.165) is 18.1 Å². The van der Waals surface area contributed by atoms with Crippen LogP contribution in [-0.2, 0) is 0 Å². The third-order valence-corrected chi connectivity index (χ3v) is 5.57. The topological polar surface area (TPSA) is 25.0 Å². The third-order valence-electron chi connectivity index (χ3n) is 4.85. The number of allylic oxidation sites excluding steroid dienone is 1. The van der Waals surface area contributed by atoms with E-state index < -0.39 is 0 Å². The zero-order valence-electron chi connectivity index (χ0n) is 16.2. The van der Waals surface area contributed by atoms with E-state index in [2.05, 4.69) is 101 Å². The molecular weight excluding hydrogens is 469 g/mol. The van der Waals surface area contributed by atoms with Crippen molar-refractivity contribution in [2.45, 2.75) is 13.3 Å². The van der Waals surface area contributed by atoms with E-state index in [-0.39, 0.29) is 0 Å². The van der Waals surface area contributed by atoms with Gasteiger partial charge in [0.2, 0.25) is 0 Å². The van der Waals surface area contributed by atoms with Crippen LogP contribution in [0.2, 0.25) is 0 Å². The summed E-state index contributed by atoms with van der Waals surface area (Å²) < 4.78 is 7.11. The standard InChI is InChI=1S/C26H22INO/c1-2-24(19-7-4-3-5-8-19)26(20-10-14-22(27)15-11-20)21-12-16-23(17-13-21)29-25-9-6-18-28-25/h3-18,28H,2H2,1H3. The highest BCUT2D eigenvalue weighted by atomic mass is 127. The molecule has 0 saturated heterocycles. The summed E-state index contributed by atoms with van der Waals surface area (Å²) in [4.78, 5) is 3.07. The molecule has 0 aliphatic carbocycles. The van der Waals surface area contributed by atoms with Crippen LogP contribution in [0.3, 0.4) is 0 Å². The second kappa shape index (κ2) is 9.14. The summed E-state index contributed by atoms with van der Waals surface area (Å²) in [5.41, 5.74) is 6.27. The van der Waals surface area contributed by atoms with Crippen molar-refractivity contribution in [3.05, 3.63) is 117 Å². The van der Waals surface area contributed by atoms with Gasteiger partial charge in [0.25, 0.3) is 0 Å². The maximum atomic E-state index is 5.87. The quantitative estimate of drug-likeness (QED) is 0.216. The fourth-order valence-electron chi connectivity index (χ4n) is 3.49. The molecule has 0 bridgehead atoms. The maximum absolute atomic E-state index is 5.87. The highest BCUT2D eigenvalue weighted by Crippen LogP contribution is 2.35. The number of ether oxygens (including phenoxy) is 1. The normalized spacial score (nSPS) is 11.8. The Balaban J connectivity index is 1.80. The molecule has 144 valence electrons. The fourth-order valence-corrected chi connectivity index (χ4v) is 3.85. The Kier molecular flexibility index (Phi) is 6.15. The molecule has 2 nitrogen and oxygen atoms in total. The Morgan fingerprint density at radius 1 is 0.759 bits per heavy atom. The van der Waals surface area contributed by atoms with Crippen molar-refractivity contribution in [2.24, 2.45) is 0 Å². The van der Waals surface area contributed by atoms with Crippen LogP contribution in [0.1, 0.15) is 30.0 Å². The van der Waals surface area contributed by atoms with E-state index in [0.29, 0.717) is 0 Å². The Labute approximate surface area is 185 Å². The van der Waals surface area contributed by atoms with Crippen molar-refractivity contribution in [3.8, 4) is 11.6 Å². The van der Waals surface area contributed by atoms with E-state index in [9.17, 15) is 0 Å². The molecule has 4 aromatic rings. The van der Waals surface area contributed by atoms with Crippen molar-refractivity contribution < 1.29 is 4.74 Å².